The summed E-state index contributed by atoms with van der Waals surface area (Å²) in [5.74, 6) is 0. The third-order valence-corrected chi connectivity index (χ3v) is 3.18. The summed E-state index contributed by atoms with van der Waals surface area (Å²) in [5, 5.41) is 0. The van der Waals surface area contributed by atoms with Crippen LogP contribution in [0.25, 0.3) is 22.8 Å². The molecular formula is C22H16F12N4O2P2Ru. The average molecular weight is 759 g/mol. The van der Waals surface area contributed by atoms with Crippen molar-refractivity contribution in [1.82, 2.24) is 19.9 Å². The first-order valence-electron chi connectivity index (χ1n) is 10.0. The zero-order valence-corrected chi connectivity index (χ0v) is 24.2. The molecule has 0 saturated heterocycles. The van der Waals surface area contributed by atoms with E-state index in [1.165, 1.54) is 0 Å². The fourth-order valence-corrected chi connectivity index (χ4v) is 2.06. The Morgan fingerprint density at radius 3 is 0.605 bits per heavy atom. The summed E-state index contributed by atoms with van der Waals surface area (Å²) in [6.45, 7) is 9.00. The van der Waals surface area contributed by atoms with Crippen molar-refractivity contribution in [2.45, 2.75) is 0 Å². The van der Waals surface area contributed by atoms with Crippen molar-refractivity contribution in [3.8, 4) is 22.8 Å². The van der Waals surface area contributed by atoms with Gasteiger partial charge >= 0.3 is 108 Å². The molecule has 4 aromatic rings. The second-order valence-corrected chi connectivity index (χ2v) is 10.6. The van der Waals surface area contributed by atoms with Crippen LogP contribution in [0, 0.1) is 13.3 Å². The summed E-state index contributed by atoms with van der Waals surface area (Å²) in [5.41, 5.74) is 3.66. The average Bonchev–Trinajstić information content (AvgIpc) is 2.90. The molecule has 0 aliphatic heterocycles. The van der Waals surface area contributed by atoms with Gasteiger partial charge in [0, 0.05) is 24.8 Å². The number of hydrogen-bond acceptors (Lipinski definition) is 4. The van der Waals surface area contributed by atoms with Crippen LogP contribution in [0.1, 0.15) is 0 Å². The smallest absolute Gasteiger partial charge is 0.255 e. The topological polar surface area (TPSA) is 91.4 Å². The third-order valence-electron chi connectivity index (χ3n) is 3.18. The molecule has 0 unspecified atom stereocenters. The van der Waals surface area contributed by atoms with Crippen molar-refractivity contribution in [1.29, 1.82) is 0 Å². The van der Waals surface area contributed by atoms with Crippen molar-refractivity contribution in [3.05, 3.63) is 111 Å². The van der Waals surface area contributed by atoms with Crippen molar-refractivity contribution >= 4 is 15.6 Å². The van der Waals surface area contributed by atoms with Crippen LogP contribution in [-0.4, -0.2) is 19.9 Å². The largest absolute Gasteiger partial charge is 2.00 e. The van der Waals surface area contributed by atoms with E-state index in [0.717, 1.165) is 22.8 Å². The third kappa shape index (κ3) is 38.7. The van der Waals surface area contributed by atoms with E-state index in [1.807, 2.05) is 72.8 Å². The SMILES string of the molecule is F[P-](F)(F)(F)(F)F.F[P-](F)(F)(F)(F)F.[C-]#[O+].[C-]#[O+].[Ru+2].c1ccc(-c2ccccn2)nc1.c1ccc(-c2ccccn2)nc1. The first-order valence-corrected chi connectivity index (χ1v) is 14.1. The summed E-state index contributed by atoms with van der Waals surface area (Å²) in [6, 6.07) is 23.2. The minimum atomic E-state index is -10.7. The quantitative estimate of drug-likeness (QED) is 0.0669. The van der Waals surface area contributed by atoms with Crippen LogP contribution >= 0.6 is 15.6 Å². The molecule has 4 heterocycles. The minimum absolute atomic E-state index is 0. The van der Waals surface area contributed by atoms with Gasteiger partial charge in [-0.25, -0.2) is 0 Å². The van der Waals surface area contributed by atoms with Gasteiger partial charge in [-0.1, -0.05) is 24.3 Å². The molecule has 0 aliphatic rings. The van der Waals surface area contributed by atoms with Gasteiger partial charge in [-0.05, 0) is 48.5 Å². The van der Waals surface area contributed by atoms with Crippen molar-refractivity contribution in [2.24, 2.45) is 0 Å². The Labute approximate surface area is 248 Å². The molecule has 0 fully saturated rings. The van der Waals surface area contributed by atoms with Gasteiger partial charge in [-0.3, -0.25) is 19.9 Å². The van der Waals surface area contributed by atoms with E-state index in [0.29, 0.717) is 0 Å². The molecular weight excluding hydrogens is 743 g/mol. The number of pyridine rings is 4. The summed E-state index contributed by atoms with van der Waals surface area (Å²) in [4.78, 5) is 16.7. The van der Waals surface area contributed by atoms with E-state index in [4.69, 9.17) is 9.30 Å². The van der Waals surface area contributed by atoms with Gasteiger partial charge in [0.05, 0.1) is 22.8 Å². The van der Waals surface area contributed by atoms with Gasteiger partial charge < -0.3 is 0 Å². The number of aromatic nitrogens is 4. The maximum Gasteiger partial charge on any atom is 2.00 e. The molecule has 6 nitrogen and oxygen atoms in total. The predicted molar refractivity (Wildman–Crippen MR) is 130 cm³/mol. The van der Waals surface area contributed by atoms with E-state index >= 15 is 0 Å². The second kappa shape index (κ2) is 16.0. The molecule has 43 heavy (non-hydrogen) atoms. The van der Waals surface area contributed by atoms with Crippen LogP contribution in [0.15, 0.2) is 97.6 Å². The molecule has 0 aliphatic carbocycles. The standard InChI is InChI=1S/2C10H8N2.2CO.2F6P.Ru/c2*1-3-7-11-9(5-1)10-6-2-4-8-12-10;2*1-2;2*1-7(2,3,4,5)6;/h2*1-8H;;;;;/q;;;;2*-1;+2. The van der Waals surface area contributed by atoms with Gasteiger partial charge in [0.25, 0.3) is 0 Å². The summed E-state index contributed by atoms with van der Waals surface area (Å²) in [7, 11) is -21.3. The van der Waals surface area contributed by atoms with Crippen LogP contribution in [-0.2, 0) is 28.8 Å². The van der Waals surface area contributed by atoms with E-state index in [2.05, 4.69) is 33.2 Å². The fraction of sp³-hybridized carbons (Fsp3) is 0. The minimum Gasteiger partial charge on any atom is -0.255 e. The van der Waals surface area contributed by atoms with Crippen LogP contribution < -0.4 is 0 Å². The van der Waals surface area contributed by atoms with Gasteiger partial charge in [0.15, 0.2) is 0 Å². The second-order valence-electron chi connectivity index (χ2n) is 6.78. The van der Waals surface area contributed by atoms with Crippen molar-refractivity contribution in [2.75, 3.05) is 0 Å². The van der Waals surface area contributed by atoms with Crippen LogP contribution in [0.5, 0.6) is 0 Å². The monoisotopic (exact) mass is 760 g/mol. The zero-order chi connectivity index (χ0) is 33.3. The molecule has 0 bridgehead atoms. The van der Waals surface area contributed by atoms with Crippen molar-refractivity contribution < 1.29 is 79.1 Å². The Morgan fingerprint density at radius 2 is 0.512 bits per heavy atom. The number of hydrogen-bond donors (Lipinski definition) is 0. The summed E-state index contributed by atoms with van der Waals surface area (Å²) < 4.78 is 133. The Kier molecular flexibility index (Phi) is 16.4. The molecule has 0 saturated carbocycles. The molecule has 21 heteroatoms. The molecule has 0 amide bonds. The molecule has 0 atom stereocenters. The van der Waals surface area contributed by atoms with Gasteiger partial charge in [0.2, 0.25) is 0 Å². The predicted octanol–water partition coefficient (Wildman–Crippen LogP) is 11.0. The summed E-state index contributed by atoms with van der Waals surface area (Å²) in [6.07, 6.45) is 7.07. The van der Waals surface area contributed by atoms with Gasteiger partial charge in [-0.2, -0.15) is 0 Å². The number of halogens is 12. The summed E-state index contributed by atoms with van der Waals surface area (Å²) >= 11 is 0. The first-order chi connectivity index (χ1) is 18.8. The maximum absolute atomic E-state index is 10.7. The van der Waals surface area contributed by atoms with Crippen LogP contribution in [0.4, 0.5) is 50.4 Å². The molecule has 4 rings (SSSR count). The maximum atomic E-state index is 9.87. The van der Waals surface area contributed by atoms with Crippen LogP contribution in [0.2, 0.25) is 0 Å². The zero-order valence-electron chi connectivity index (χ0n) is 20.6. The Hall–Kier alpha value is -3.28. The van der Waals surface area contributed by atoms with E-state index < -0.39 is 15.6 Å². The molecule has 0 aromatic carbocycles. The molecule has 0 N–H and O–H groups in total. The van der Waals surface area contributed by atoms with Crippen LogP contribution in [0.3, 0.4) is 0 Å². The van der Waals surface area contributed by atoms with E-state index in [9.17, 15) is 50.4 Å². The molecule has 0 spiro atoms. The van der Waals surface area contributed by atoms with E-state index in [-0.39, 0.29) is 19.5 Å². The molecule has 0 radical (unpaired) electrons. The van der Waals surface area contributed by atoms with Gasteiger partial charge in [-0.15, -0.1) is 0 Å². The Bertz CT molecular complexity index is 1160. The Balaban J connectivity index is -0.000000488. The van der Waals surface area contributed by atoms with E-state index in [1.54, 1.807) is 24.8 Å². The fourth-order valence-electron chi connectivity index (χ4n) is 2.06. The first kappa shape index (κ1) is 44.2. The molecule has 238 valence electrons. The van der Waals surface area contributed by atoms with Gasteiger partial charge in [0.1, 0.15) is 0 Å². The number of nitrogens with zero attached hydrogens (tertiary/aromatic N) is 4. The molecule has 4 aromatic heterocycles. The Morgan fingerprint density at radius 1 is 0.372 bits per heavy atom. The van der Waals surface area contributed by atoms with Crippen molar-refractivity contribution in [3.63, 3.8) is 0 Å². The normalized spacial score (nSPS) is 13.0. The number of rotatable bonds is 2.